The first-order valence-electron chi connectivity index (χ1n) is 7.96. The highest BCUT2D eigenvalue weighted by Crippen LogP contribution is 2.25. The number of amides is 2. The first kappa shape index (κ1) is 17.8. The summed E-state index contributed by atoms with van der Waals surface area (Å²) in [5.41, 5.74) is 0. The zero-order valence-corrected chi connectivity index (χ0v) is 13.5. The number of nitrogens with one attached hydrogen (secondary N) is 1. The van der Waals surface area contributed by atoms with Gasteiger partial charge in [-0.1, -0.05) is 6.92 Å². The Labute approximate surface area is 127 Å². The van der Waals surface area contributed by atoms with Crippen molar-refractivity contribution in [3.8, 4) is 0 Å². The van der Waals surface area contributed by atoms with Gasteiger partial charge in [0.2, 0.25) is 0 Å². The molecule has 122 valence electrons. The van der Waals surface area contributed by atoms with E-state index in [9.17, 15) is 9.59 Å². The molecule has 0 aliphatic heterocycles. The summed E-state index contributed by atoms with van der Waals surface area (Å²) >= 11 is 0. The highest BCUT2D eigenvalue weighted by Gasteiger charge is 2.27. The molecule has 0 radical (unpaired) electrons. The third-order valence-corrected chi connectivity index (χ3v) is 3.82. The zero-order chi connectivity index (χ0) is 15.8. The van der Waals surface area contributed by atoms with Crippen molar-refractivity contribution in [3.05, 3.63) is 0 Å². The number of rotatable bonds is 10. The van der Waals surface area contributed by atoms with E-state index in [1.165, 1.54) is 12.8 Å². The summed E-state index contributed by atoms with van der Waals surface area (Å²) in [5.74, 6) is -0.817. The second-order valence-electron chi connectivity index (χ2n) is 5.88. The molecule has 21 heavy (non-hydrogen) atoms. The van der Waals surface area contributed by atoms with E-state index in [0.29, 0.717) is 25.6 Å². The number of likely N-dealkylation sites (N-methyl/N-ethyl adjacent to an activating group) is 1. The van der Waals surface area contributed by atoms with Gasteiger partial charge in [-0.15, -0.1) is 0 Å². The third-order valence-electron chi connectivity index (χ3n) is 3.82. The molecule has 0 atom stereocenters. The highest BCUT2D eigenvalue weighted by atomic mass is 16.4. The standard InChI is InChI=1S/C15H29N3O3/c1-4-17(13-7-8-13)11-9-16-15(21)18(12(2)3)10-5-6-14(19)20/h12-13H,4-11H2,1-3H3,(H,16,21)(H,19,20). The first-order valence-corrected chi connectivity index (χ1v) is 7.96. The van der Waals surface area contributed by atoms with Crippen molar-refractivity contribution in [1.82, 2.24) is 15.1 Å². The molecule has 1 saturated carbocycles. The summed E-state index contributed by atoms with van der Waals surface area (Å²) in [7, 11) is 0. The van der Waals surface area contributed by atoms with Crippen LogP contribution in [0.2, 0.25) is 0 Å². The Balaban J connectivity index is 2.29. The number of hydrogen-bond donors (Lipinski definition) is 2. The van der Waals surface area contributed by atoms with E-state index in [4.69, 9.17) is 5.11 Å². The SMILES string of the molecule is CCN(CCNC(=O)N(CCCC(=O)O)C(C)C)C1CC1. The largest absolute Gasteiger partial charge is 0.481 e. The van der Waals surface area contributed by atoms with Crippen molar-refractivity contribution in [2.75, 3.05) is 26.2 Å². The molecule has 1 aliphatic carbocycles. The van der Waals surface area contributed by atoms with Gasteiger partial charge in [-0.2, -0.15) is 0 Å². The molecule has 1 rings (SSSR count). The third kappa shape index (κ3) is 6.80. The topological polar surface area (TPSA) is 72.9 Å². The summed E-state index contributed by atoms with van der Waals surface area (Å²) in [4.78, 5) is 26.8. The summed E-state index contributed by atoms with van der Waals surface area (Å²) in [6.45, 7) is 9.07. The summed E-state index contributed by atoms with van der Waals surface area (Å²) < 4.78 is 0. The molecule has 0 aromatic carbocycles. The van der Waals surface area contributed by atoms with Gasteiger partial charge >= 0.3 is 12.0 Å². The molecule has 2 N–H and O–H groups in total. The molecule has 0 spiro atoms. The van der Waals surface area contributed by atoms with E-state index in [1.54, 1.807) is 4.90 Å². The molecule has 0 aromatic heterocycles. The number of carbonyl (C=O) groups excluding carboxylic acids is 1. The molecule has 6 nitrogen and oxygen atoms in total. The molecule has 2 amide bonds. The number of aliphatic carboxylic acids is 1. The Morgan fingerprint density at radius 2 is 1.95 bits per heavy atom. The van der Waals surface area contributed by atoms with Crippen LogP contribution in [0.15, 0.2) is 0 Å². The average molecular weight is 299 g/mol. The Morgan fingerprint density at radius 1 is 1.29 bits per heavy atom. The molecule has 6 heteroatoms. The Bertz CT molecular complexity index is 343. The van der Waals surface area contributed by atoms with E-state index >= 15 is 0 Å². The van der Waals surface area contributed by atoms with E-state index in [-0.39, 0.29) is 18.5 Å². The molecule has 0 bridgehead atoms. The van der Waals surface area contributed by atoms with E-state index in [2.05, 4.69) is 17.1 Å². The maximum atomic E-state index is 12.2. The number of carboxylic acid groups (broad SMARTS) is 1. The fourth-order valence-electron chi connectivity index (χ4n) is 2.44. The van der Waals surface area contributed by atoms with Gasteiger partial charge in [0.15, 0.2) is 0 Å². The molecule has 0 unspecified atom stereocenters. The predicted octanol–water partition coefficient (Wildman–Crippen LogP) is 1.76. The van der Waals surface area contributed by atoms with Crippen LogP contribution >= 0.6 is 0 Å². The van der Waals surface area contributed by atoms with Gasteiger partial charge in [-0.05, 0) is 39.7 Å². The lowest BCUT2D eigenvalue weighted by molar-refractivity contribution is -0.137. The van der Waals surface area contributed by atoms with Crippen LogP contribution in [0.1, 0.15) is 46.5 Å². The average Bonchev–Trinajstić information content (AvgIpc) is 3.23. The van der Waals surface area contributed by atoms with Crippen LogP contribution in [0, 0.1) is 0 Å². The smallest absolute Gasteiger partial charge is 0.317 e. The maximum absolute atomic E-state index is 12.2. The van der Waals surface area contributed by atoms with Crippen LogP contribution in [0.3, 0.4) is 0 Å². The van der Waals surface area contributed by atoms with Gasteiger partial charge in [0.05, 0.1) is 0 Å². The zero-order valence-electron chi connectivity index (χ0n) is 13.5. The van der Waals surface area contributed by atoms with Crippen LogP contribution in [-0.2, 0) is 4.79 Å². The van der Waals surface area contributed by atoms with Crippen molar-refractivity contribution >= 4 is 12.0 Å². The summed E-state index contributed by atoms with van der Waals surface area (Å²) in [6, 6.07) is 0.690. The van der Waals surface area contributed by atoms with E-state index in [1.807, 2.05) is 13.8 Å². The number of carboxylic acids is 1. The van der Waals surface area contributed by atoms with Crippen LogP contribution in [0.25, 0.3) is 0 Å². The van der Waals surface area contributed by atoms with Gasteiger partial charge in [0.25, 0.3) is 0 Å². The lowest BCUT2D eigenvalue weighted by atomic mass is 10.2. The lowest BCUT2D eigenvalue weighted by Gasteiger charge is -2.27. The Hall–Kier alpha value is -1.30. The van der Waals surface area contributed by atoms with Crippen LogP contribution in [0.5, 0.6) is 0 Å². The van der Waals surface area contributed by atoms with Crippen molar-refractivity contribution < 1.29 is 14.7 Å². The molecule has 1 aliphatic rings. The quantitative estimate of drug-likeness (QED) is 0.644. The lowest BCUT2D eigenvalue weighted by Crippen LogP contribution is -2.46. The first-order chi connectivity index (χ1) is 9.95. The van der Waals surface area contributed by atoms with Gasteiger partial charge in [-0.25, -0.2) is 4.79 Å². The summed E-state index contributed by atoms with van der Waals surface area (Å²) in [6.07, 6.45) is 3.13. The van der Waals surface area contributed by atoms with Crippen LogP contribution < -0.4 is 5.32 Å². The Morgan fingerprint density at radius 3 is 2.43 bits per heavy atom. The van der Waals surface area contributed by atoms with Crippen molar-refractivity contribution in [2.24, 2.45) is 0 Å². The van der Waals surface area contributed by atoms with E-state index < -0.39 is 5.97 Å². The molecular weight excluding hydrogens is 270 g/mol. The number of urea groups is 1. The number of carbonyl (C=O) groups is 2. The fourth-order valence-corrected chi connectivity index (χ4v) is 2.44. The second-order valence-corrected chi connectivity index (χ2v) is 5.88. The Kier molecular flexibility index (Phi) is 7.50. The molecule has 0 aromatic rings. The minimum absolute atomic E-state index is 0.0736. The monoisotopic (exact) mass is 299 g/mol. The van der Waals surface area contributed by atoms with Gasteiger partial charge in [0, 0.05) is 38.1 Å². The van der Waals surface area contributed by atoms with Crippen molar-refractivity contribution in [1.29, 1.82) is 0 Å². The van der Waals surface area contributed by atoms with Crippen LogP contribution in [-0.4, -0.2) is 65.2 Å². The normalized spacial score (nSPS) is 14.5. The predicted molar refractivity (Wildman–Crippen MR) is 82.4 cm³/mol. The van der Waals surface area contributed by atoms with Crippen molar-refractivity contribution in [3.63, 3.8) is 0 Å². The van der Waals surface area contributed by atoms with Crippen LogP contribution in [0.4, 0.5) is 4.79 Å². The fraction of sp³-hybridized carbons (Fsp3) is 0.867. The van der Waals surface area contributed by atoms with Crippen molar-refractivity contribution in [2.45, 2.75) is 58.5 Å². The number of nitrogens with zero attached hydrogens (tertiary/aromatic N) is 2. The van der Waals surface area contributed by atoms with Gasteiger partial charge < -0.3 is 15.3 Å². The molecule has 0 heterocycles. The number of hydrogen-bond acceptors (Lipinski definition) is 3. The van der Waals surface area contributed by atoms with Gasteiger partial charge in [-0.3, -0.25) is 9.69 Å². The van der Waals surface area contributed by atoms with E-state index in [0.717, 1.165) is 13.1 Å². The second kappa shape index (κ2) is 8.87. The molecule has 0 saturated heterocycles. The van der Waals surface area contributed by atoms with Gasteiger partial charge in [0.1, 0.15) is 0 Å². The molecule has 1 fully saturated rings. The highest BCUT2D eigenvalue weighted by molar-refractivity contribution is 5.74. The molecular formula is C15H29N3O3. The minimum atomic E-state index is -0.817. The minimum Gasteiger partial charge on any atom is -0.481 e. The summed E-state index contributed by atoms with van der Waals surface area (Å²) in [5, 5.41) is 11.6. The maximum Gasteiger partial charge on any atom is 0.317 e.